The summed E-state index contributed by atoms with van der Waals surface area (Å²) in [5, 5.41) is 3.02. The van der Waals surface area contributed by atoms with Crippen LogP contribution in [0.3, 0.4) is 0 Å². The molecule has 2 atom stereocenters. The van der Waals surface area contributed by atoms with Crippen LogP contribution >= 0.6 is 11.8 Å². The van der Waals surface area contributed by atoms with E-state index >= 15 is 0 Å². The number of nitrogens with one attached hydrogen (secondary N) is 1. The molecular formula is C18H17FN2O2S. The van der Waals surface area contributed by atoms with Crippen molar-refractivity contribution in [2.75, 3.05) is 0 Å². The van der Waals surface area contributed by atoms with E-state index in [4.69, 9.17) is 4.42 Å². The number of nitrogens with zero attached hydrogens (tertiary/aromatic N) is 1. The van der Waals surface area contributed by atoms with Gasteiger partial charge in [0.1, 0.15) is 11.3 Å². The molecule has 0 aliphatic carbocycles. The lowest BCUT2D eigenvalue weighted by Crippen LogP contribution is -2.33. The highest BCUT2D eigenvalue weighted by Crippen LogP contribution is 2.27. The second kappa shape index (κ2) is 7.05. The van der Waals surface area contributed by atoms with Gasteiger partial charge < -0.3 is 9.73 Å². The summed E-state index contributed by atoms with van der Waals surface area (Å²) in [5.41, 5.74) is 2.32. The molecule has 3 aromatic rings. The molecule has 0 bridgehead atoms. The third kappa shape index (κ3) is 3.76. The SMILES string of the molecule is C[C@H](NC(=O)[C@@H](C)Sc1nc2ccccc2o1)c1ccc(F)cc1. The molecule has 0 aliphatic rings. The number of aromatic nitrogens is 1. The molecule has 0 saturated heterocycles. The van der Waals surface area contributed by atoms with Crippen LogP contribution in [-0.2, 0) is 4.79 Å². The van der Waals surface area contributed by atoms with E-state index in [0.29, 0.717) is 10.8 Å². The summed E-state index contributed by atoms with van der Waals surface area (Å²) >= 11 is 1.27. The fraction of sp³-hybridized carbons (Fsp3) is 0.222. The van der Waals surface area contributed by atoms with Crippen molar-refractivity contribution >= 4 is 28.8 Å². The normalized spacial score (nSPS) is 13.6. The Morgan fingerprint density at radius 3 is 2.58 bits per heavy atom. The molecule has 1 N–H and O–H groups in total. The third-order valence-corrected chi connectivity index (χ3v) is 4.59. The van der Waals surface area contributed by atoms with Crippen molar-refractivity contribution in [2.45, 2.75) is 30.4 Å². The highest BCUT2D eigenvalue weighted by Gasteiger charge is 2.20. The van der Waals surface area contributed by atoms with E-state index in [1.165, 1.54) is 23.9 Å². The predicted octanol–water partition coefficient (Wildman–Crippen LogP) is 4.32. The highest BCUT2D eigenvalue weighted by atomic mass is 32.2. The Kier molecular flexibility index (Phi) is 4.85. The molecule has 0 unspecified atom stereocenters. The van der Waals surface area contributed by atoms with Crippen LogP contribution in [0.2, 0.25) is 0 Å². The minimum Gasteiger partial charge on any atom is -0.431 e. The number of hydrogen-bond donors (Lipinski definition) is 1. The fourth-order valence-electron chi connectivity index (χ4n) is 2.27. The van der Waals surface area contributed by atoms with Gasteiger partial charge in [0.2, 0.25) is 5.91 Å². The van der Waals surface area contributed by atoms with Crippen molar-refractivity contribution in [3.05, 3.63) is 59.9 Å². The maximum absolute atomic E-state index is 13.0. The number of carbonyl (C=O) groups excluding carboxylic acids is 1. The summed E-state index contributed by atoms with van der Waals surface area (Å²) in [6.45, 7) is 3.66. The van der Waals surface area contributed by atoms with Crippen LogP contribution in [-0.4, -0.2) is 16.1 Å². The van der Waals surface area contributed by atoms with Gasteiger partial charge in [0, 0.05) is 0 Å². The van der Waals surface area contributed by atoms with Crippen LogP contribution in [0.1, 0.15) is 25.5 Å². The van der Waals surface area contributed by atoms with Crippen molar-refractivity contribution in [3.63, 3.8) is 0 Å². The van der Waals surface area contributed by atoms with Crippen LogP contribution in [0, 0.1) is 5.82 Å². The van der Waals surface area contributed by atoms with Crippen LogP contribution in [0.5, 0.6) is 0 Å². The lowest BCUT2D eigenvalue weighted by Gasteiger charge is -2.17. The topological polar surface area (TPSA) is 55.1 Å². The van der Waals surface area contributed by atoms with E-state index in [-0.39, 0.29) is 23.0 Å². The first kappa shape index (κ1) is 16.5. The third-order valence-electron chi connectivity index (χ3n) is 3.65. The average molecular weight is 344 g/mol. The number of halogens is 1. The molecule has 24 heavy (non-hydrogen) atoms. The first-order valence-corrected chi connectivity index (χ1v) is 8.49. The van der Waals surface area contributed by atoms with Crippen molar-refractivity contribution in [2.24, 2.45) is 0 Å². The summed E-state index contributed by atoms with van der Waals surface area (Å²) in [4.78, 5) is 16.7. The molecule has 1 aromatic heterocycles. The molecule has 2 aromatic carbocycles. The molecule has 124 valence electrons. The molecule has 0 radical (unpaired) electrons. The monoisotopic (exact) mass is 344 g/mol. The van der Waals surface area contributed by atoms with Crippen molar-refractivity contribution in [1.29, 1.82) is 0 Å². The number of hydrogen-bond acceptors (Lipinski definition) is 4. The van der Waals surface area contributed by atoms with Gasteiger partial charge in [0.25, 0.3) is 5.22 Å². The Hall–Kier alpha value is -2.34. The molecule has 1 heterocycles. The van der Waals surface area contributed by atoms with Crippen LogP contribution in [0.25, 0.3) is 11.1 Å². The number of oxazole rings is 1. The Bertz CT molecular complexity index is 815. The lowest BCUT2D eigenvalue weighted by molar-refractivity contribution is -0.120. The largest absolute Gasteiger partial charge is 0.431 e. The van der Waals surface area contributed by atoms with Gasteiger partial charge in [-0.2, -0.15) is 0 Å². The van der Waals surface area contributed by atoms with Gasteiger partial charge in [0.15, 0.2) is 5.58 Å². The Balaban J connectivity index is 1.62. The molecule has 0 aliphatic heterocycles. The second-order valence-electron chi connectivity index (χ2n) is 5.49. The highest BCUT2D eigenvalue weighted by molar-refractivity contribution is 8.00. The molecule has 4 nitrogen and oxygen atoms in total. The van der Waals surface area contributed by atoms with Crippen LogP contribution in [0.4, 0.5) is 4.39 Å². The maximum Gasteiger partial charge on any atom is 0.257 e. The standard InChI is InChI=1S/C18H17FN2O2S/c1-11(13-7-9-14(19)10-8-13)20-17(22)12(2)24-18-21-15-5-3-4-6-16(15)23-18/h3-12H,1-2H3,(H,20,22)/t11-,12+/m0/s1. The number of amides is 1. The van der Waals surface area contributed by atoms with Crippen molar-refractivity contribution < 1.29 is 13.6 Å². The number of fused-ring (bicyclic) bond motifs is 1. The van der Waals surface area contributed by atoms with Gasteiger partial charge in [-0.1, -0.05) is 36.0 Å². The lowest BCUT2D eigenvalue weighted by atomic mass is 10.1. The quantitative estimate of drug-likeness (QED) is 0.700. The molecule has 0 fully saturated rings. The summed E-state index contributed by atoms with van der Waals surface area (Å²) in [6.07, 6.45) is 0. The fourth-order valence-corrected chi connectivity index (χ4v) is 3.04. The number of rotatable bonds is 5. The maximum atomic E-state index is 13.0. The Morgan fingerprint density at radius 2 is 1.88 bits per heavy atom. The van der Waals surface area contributed by atoms with Crippen molar-refractivity contribution in [3.8, 4) is 0 Å². The first-order chi connectivity index (χ1) is 11.5. The van der Waals surface area contributed by atoms with Gasteiger partial charge >= 0.3 is 0 Å². The van der Waals surface area contributed by atoms with Gasteiger partial charge in [-0.25, -0.2) is 9.37 Å². The van der Waals surface area contributed by atoms with Gasteiger partial charge in [-0.15, -0.1) is 0 Å². The zero-order chi connectivity index (χ0) is 17.1. The smallest absolute Gasteiger partial charge is 0.257 e. The second-order valence-corrected chi connectivity index (χ2v) is 6.78. The van der Waals surface area contributed by atoms with Gasteiger partial charge in [0.05, 0.1) is 11.3 Å². The minimum atomic E-state index is -0.360. The molecule has 3 rings (SSSR count). The minimum absolute atomic E-state index is 0.126. The van der Waals surface area contributed by atoms with E-state index in [9.17, 15) is 9.18 Å². The van der Waals surface area contributed by atoms with E-state index in [1.54, 1.807) is 19.1 Å². The van der Waals surface area contributed by atoms with Crippen molar-refractivity contribution in [1.82, 2.24) is 10.3 Å². The van der Waals surface area contributed by atoms with Gasteiger partial charge in [-0.05, 0) is 43.7 Å². The zero-order valence-electron chi connectivity index (χ0n) is 13.3. The first-order valence-electron chi connectivity index (χ1n) is 7.61. The number of carbonyl (C=O) groups is 1. The number of benzene rings is 2. The van der Waals surface area contributed by atoms with Crippen LogP contribution in [0.15, 0.2) is 58.2 Å². The summed E-state index contributed by atoms with van der Waals surface area (Å²) in [6, 6.07) is 13.4. The molecule has 6 heteroatoms. The predicted molar refractivity (Wildman–Crippen MR) is 92.3 cm³/mol. The summed E-state index contributed by atoms with van der Waals surface area (Å²) in [7, 11) is 0. The van der Waals surface area contributed by atoms with E-state index in [2.05, 4.69) is 10.3 Å². The number of thioether (sulfide) groups is 1. The Labute approximate surface area is 143 Å². The van der Waals surface area contributed by atoms with E-state index < -0.39 is 0 Å². The van der Waals surface area contributed by atoms with E-state index in [0.717, 1.165) is 11.1 Å². The number of para-hydroxylation sites is 2. The summed E-state index contributed by atoms with van der Waals surface area (Å²) in [5.74, 6) is -0.420. The Morgan fingerprint density at radius 1 is 1.17 bits per heavy atom. The molecular weight excluding hydrogens is 327 g/mol. The summed E-state index contributed by atoms with van der Waals surface area (Å²) < 4.78 is 18.6. The van der Waals surface area contributed by atoms with Crippen LogP contribution < -0.4 is 5.32 Å². The van der Waals surface area contributed by atoms with E-state index in [1.807, 2.05) is 31.2 Å². The molecule has 1 amide bonds. The zero-order valence-corrected chi connectivity index (χ0v) is 14.1. The molecule has 0 saturated carbocycles. The van der Waals surface area contributed by atoms with Gasteiger partial charge in [-0.3, -0.25) is 4.79 Å². The average Bonchev–Trinajstić information content (AvgIpc) is 2.97. The molecule has 0 spiro atoms.